The molecule has 0 aromatic heterocycles. The first-order valence-corrected chi connectivity index (χ1v) is 14.2. The van der Waals surface area contributed by atoms with Crippen molar-refractivity contribution in [1.82, 2.24) is 26.2 Å². The normalized spacial score (nSPS) is 16.4. The molecule has 42 heavy (non-hydrogen) atoms. The molecular formula is C28H51F2N5O7. The fourth-order valence-corrected chi connectivity index (χ4v) is 3.79. The third-order valence-electron chi connectivity index (χ3n) is 6.59. The molecule has 0 fully saturated rings. The number of aliphatic hydroxyl groups is 1. The number of rotatable bonds is 14. The molecule has 6 atom stereocenters. The number of carbonyl (C=O) groups excluding carboxylic acids is 5. The highest BCUT2D eigenvalue weighted by molar-refractivity contribution is 5.94. The molecule has 0 aliphatic rings. The summed E-state index contributed by atoms with van der Waals surface area (Å²) in [6.07, 6.45) is -3.04. The van der Waals surface area contributed by atoms with Crippen LogP contribution in [0.4, 0.5) is 13.6 Å². The van der Waals surface area contributed by atoms with E-state index in [1.54, 1.807) is 41.5 Å². The van der Waals surface area contributed by atoms with Gasteiger partial charge in [0.25, 0.3) is 5.91 Å². The van der Waals surface area contributed by atoms with Gasteiger partial charge in [0.05, 0.1) is 6.04 Å². The minimum absolute atomic E-state index is 0.278. The molecule has 0 bridgehead atoms. The number of amides is 5. The molecule has 0 heterocycles. The van der Waals surface area contributed by atoms with Gasteiger partial charge in [0.15, 0.2) is 0 Å². The predicted molar refractivity (Wildman–Crippen MR) is 153 cm³/mol. The van der Waals surface area contributed by atoms with Crippen molar-refractivity contribution in [2.24, 2.45) is 17.8 Å². The maximum atomic E-state index is 15.1. The molecule has 0 unspecified atom stereocenters. The Labute approximate surface area is 248 Å². The van der Waals surface area contributed by atoms with Crippen molar-refractivity contribution in [3.05, 3.63) is 0 Å². The second-order valence-electron chi connectivity index (χ2n) is 12.5. The minimum atomic E-state index is -4.43. The number of hydrogen-bond donors (Lipinski definition) is 5. The van der Waals surface area contributed by atoms with Gasteiger partial charge in [-0.2, -0.15) is 8.78 Å². The summed E-state index contributed by atoms with van der Waals surface area (Å²) in [5.74, 6) is -9.88. The van der Waals surface area contributed by atoms with E-state index >= 15 is 8.78 Å². The van der Waals surface area contributed by atoms with Crippen molar-refractivity contribution in [1.29, 1.82) is 0 Å². The summed E-state index contributed by atoms with van der Waals surface area (Å²) < 4.78 is 35.4. The summed E-state index contributed by atoms with van der Waals surface area (Å²) in [6.45, 7) is 15.8. The minimum Gasteiger partial charge on any atom is -0.444 e. The highest BCUT2D eigenvalue weighted by atomic mass is 19.3. The van der Waals surface area contributed by atoms with E-state index in [-0.39, 0.29) is 5.92 Å². The van der Waals surface area contributed by atoms with Gasteiger partial charge in [-0.05, 0) is 45.4 Å². The summed E-state index contributed by atoms with van der Waals surface area (Å²) in [4.78, 5) is 64.7. The van der Waals surface area contributed by atoms with E-state index in [9.17, 15) is 29.1 Å². The lowest BCUT2D eigenvalue weighted by Crippen LogP contribution is -2.62. The van der Waals surface area contributed by atoms with Gasteiger partial charge < -0.3 is 36.0 Å². The first-order valence-electron chi connectivity index (χ1n) is 14.2. The Morgan fingerprint density at radius 3 is 1.64 bits per heavy atom. The Kier molecular flexibility index (Phi) is 14.8. The van der Waals surface area contributed by atoms with Crippen LogP contribution in [0.5, 0.6) is 0 Å². The largest absolute Gasteiger partial charge is 0.444 e. The van der Waals surface area contributed by atoms with Gasteiger partial charge in [-0.25, -0.2) is 4.79 Å². The van der Waals surface area contributed by atoms with Crippen molar-refractivity contribution in [2.75, 3.05) is 14.1 Å². The number of alkyl halides is 2. The first kappa shape index (κ1) is 39.0. The zero-order valence-electron chi connectivity index (χ0n) is 26.9. The molecule has 5 amide bonds. The molecule has 0 aliphatic heterocycles. The van der Waals surface area contributed by atoms with Crippen LogP contribution in [0.25, 0.3) is 0 Å². The standard InChI is InChI=1S/C28H51F2N5O7/c1-13-16(6)20(24(39)35(11)12)32-23(38)18(14(2)3)33-25(40)28(29,30)21(36)17(7)31-22(37)19(15(4)5)34-26(41)42-27(8,9)10/h14-21,36H,13H2,1-12H3,(H,31,37)(H,32,38)(H,33,40)(H,34,41)/t16-,17-,18-,19-,20-,21+/m0/s1. The van der Waals surface area contributed by atoms with Crippen LogP contribution < -0.4 is 21.3 Å². The fraction of sp³-hybridized carbons (Fsp3) is 0.821. The first-order chi connectivity index (χ1) is 19.0. The summed E-state index contributed by atoms with van der Waals surface area (Å²) in [6, 6.07) is -5.22. The third-order valence-corrected chi connectivity index (χ3v) is 6.59. The lowest BCUT2D eigenvalue weighted by molar-refractivity contribution is -0.168. The average molecular weight is 608 g/mol. The number of carbonyl (C=O) groups is 5. The van der Waals surface area contributed by atoms with E-state index in [1.807, 2.05) is 12.2 Å². The number of nitrogens with one attached hydrogen (secondary N) is 4. The molecule has 244 valence electrons. The van der Waals surface area contributed by atoms with E-state index in [4.69, 9.17) is 4.74 Å². The molecule has 12 nitrogen and oxygen atoms in total. The van der Waals surface area contributed by atoms with E-state index in [1.165, 1.54) is 32.8 Å². The van der Waals surface area contributed by atoms with Gasteiger partial charge in [0.1, 0.15) is 29.8 Å². The van der Waals surface area contributed by atoms with Gasteiger partial charge in [0, 0.05) is 14.1 Å². The molecule has 0 radical (unpaired) electrons. The topological polar surface area (TPSA) is 166 Å². The molecule has 5 N–H and O–H groups in total. The Bertz CT molecular complexity index is 953. The Balaban J connectivity index is 5.69. The number of nitrogens with zero attached hydrogens (tertiary/aromatic N) is 1. The van der Waals surface area contributed by atoms with Crippen LogP contribution in [0.2, 0.25) is 0 Å². The van der Waals surface area contributed by atoms with Gasteiger partial charge in [-0.1, -0.05) is 48.0 Å². The monoisotopic (exact) mass is 607 g/mol. The zero-order valence-corrected chi connectivity index (χ0v) is 26.9. The maximum Gasteiger partial charge on any atom is 0.408 e. The number of aliphatic hydroxyl groups excluding tert-OH is 1. The SMILES string of the molecule is CC[C@H](C)[C@H](NC(=O)[C@@H](NC(=O)C(F)(F)[C@H](O)[C@H](C)NC(=O)[C@@H](NC(=O)OC(C)(C)C)C(C)C)C(C)C)C(=O)N(C)C. The van der Waals surface area contributed by atoms with Crippen molar-refractivity contribution >= 4 is 29.7 Å². The predicted octanol–water partition coefficient (Wildman–Crippen LogP) is 1.80. The second-order valence-corrected chi connectivity index (χ2v) is 12.5. The van der Waals surface area contributed by atoms with E-state index < -0.39 is 83.4 Å². The maximum absolute atomic E-state index is 15.1. The second kappa shape index (κ2) is 16.0. The quantitative estimate of drug-likeness (QED) is 0.201. The molecule has 14 heteroatoms. The van der Waals surface area contributed by atoms with Gasteiger partial charge in [-0.15, -0.1) is 0 Å². The summed E-state index contributed by atoms with van der Waals surface area (Å²) in [5.41, 5.74) is -0.844. The molecule has 0 saturated carbocycles. The smallest absolute Gasteiger partial charge is 0.408 e. The summed E-state index contributed by atoms with van der Waals surface area (Å²) in [7, 11) is 3.04. The molecule has 0 aromatic rings. The third kappa shape index (κ3) is 11.7. The molecule has 0 rings (SSSR count). The summed E-state index contributed by atoms with van der Waals surface area (Å²) in [5, 5.41) is 19.6. The van der Waals surface area contributed by atoms with E-state index in [2.05, 4.69) is 16.0 Å². The number of alkyl carbamates (subject to hydrolysis) is 1. The molecular weight excluding hydrogens is 556 g/mol. The van der Waals surface area contributed by atoms with Crippen LogP contribution in [0.15, 0.2) is 0 Å². The van der Waals surface area contributed by atoms with Crippen molar-refractivity contribution < 1.29 is 42.6 Å². The van der Waals surface area contributed by atoms with Gasteiger partial charge in [0.2, 0.25) is 17.7 Å². The number of halogens is 2. The summed E-state index contributed by atoms with van der Waals surface area (Å²) >= 11 is 0. The highest BCUT2D eigenvalue weighted by Gasteiger charge is 2.51. The van der Waals surface area contributed by atoms with Crippen LogP contribution >= 0.6 is 0 Å². The van der Waals surface area contributed by atoms with E-state index in [0.717, 1.165) is 6.92 Å². The van der Waals surface area contributed by atoms with Gasteiger partial charge in [-0.3, -0.25) is 19.2 Å². The Hall–Kier alpha value is -3.03. The molecule has 0 aromatic carbocycles. The number of ether oxygens (including phenoxy) is 1. The van der Waals surface area contributed by atoms with Crippen molar-refractivity contribution in [3.8, 4) is 0 Å². The van der Waals surface area contributed by atoms with Gasteiger partial charge >= 0.3 is 12.0 Å². The van der Waals surface area contributed by atoms with E-state index in [0.29, 0.717) is 6.42 Å². The van der Waals surface area contributed by atoms with Crippen LogP contribution in [-0.4, -0.2) is 95.6 Å². The highest BCUT2D eigenvalue weighted by Crippen LogP contribution is 2.23. The van der Waals surface area contributed by atoms with Crippen LogP contribution in [0.1, 0.15) is 75.7 Å². The molecule has 0 spiro atoms. The molecule has 0 saturated heterocycles. The Morgan fingerprint density at radius 2 is 1.24 bits per heavy atom. The Morgan fingerprint density at radius 1 is 0.786 bits per heavy atom. The van der Waals surface area contributed by atoms with Crippen molar-refractivity contribution in [3.63, 3.8) is 0 Å². The van der Waals surface area contributed by atoms with Crippen LogP contribution in [-0.2, 0) is 23.9 Å². The van der Waals surface area contributed by atoms with Crippen molar-refractivity contribution in [2.45, 2.75) is 117 Å². The lowest BCUT2D eigenvalue weighted by atomic mass is 9.96. The molecule has 0 aliphatic carbocycles. The lowest BCUT2D eigenvalue weighted by Gasteiger charge is -2.32. The fourth-order valence-electron chi connectivity index (χ4n) is 3.79. The number of hydrogen-bond acceptors (Lipinski definition) is 7. The average Bonchev–Trinajstić information content (AvgIpc) is 2.85. The van der Waals surface area contributed by atoms with Crippen LogP contribution in [0.3, 0.4) is 0 Å². The zero-order chi connectivity index (χ0) is 33.3. The number of likely N-dealkylation sites (N-methyl/N-ethyl adjacent to an activating group) is 1. The van der Waals surface area contributed by atoms with Crippen LogP contribution in [0, 0.1) is 17.8 Å².